The summed E-state index contributed by atoms with van der Waals surface area (Å²) in [6.07, 6.45) is -1.62. The van der Waals surface area contributed by atoms with Crippen LogP contribution in [0.25, 0.3) is 0 Å². The number of hydrogen-bond acceptors (Lipinski definition) is 4. The van der Waals surface area contributed by atoms with Crippen molar-refractivity contribution in [2.24, 2.45) is 7.05 Å². The van der Waals surface area contributed by atoms with Gasteiger partial charge in [-0.25, -0.2) is 0 Å². The fourth-order valence-electron chi connectivity index (χ4n) is 2.34. The lowest BCUT2D eigenvalue weighted by Crippen LogP contribution is -2.38. The molecule has 0 spiro atoms. The second kappa shape index (κ2) is 7.77. The Morgan fingerprint density at radius 3 is 2.65 bits per heavy atom. The molecule has 1 aromatic carbocycles. The topological polar surface area (TPSA) is 76.4 Å². The molecule has 2 N–H and O–H groups in total. The molecule has 9 heteroatoms. The maximum Gasteiger partial charge on any atom is 0.573 e. The van der Waals surface area contributed by atoms with Crippen LogP contribution < -0.4 is 10.1 Å². The predicted molar refractivity (Wildman–Crippen MR) is 87.2 cm³/mol. The summed E-state index contributed by atoms with van der Waals surface area (Å²) in [5, 5.41) is 16.9. The smallest absolute Gasteiger partial charge is 0.406 e. The highest BCUT2D eigenvalue weighted by atomic mass is 19.4. The van der Waals surface area contributed by atoms with Crippen LogP contribution in [0.1, 0.15) is 24.5 Å². The normalized spacial score (nSPS) is 13.9. The van der Waals surface area contributed by atoms with Gasteiger partial charge in [-0.15, -0.1) is 13.2 Å². The van der Waals surface area contributed by atoms with E-state index in [1.807, 2.05) is 0 Å². The van der Waals surface area contributed by atoms with Gasteiger partial charge in [0.2, 0.25) is 5.91 Å². The average Bonchev–Trinajstić information content (AvgIpc) is 2.98. The molecule has 2 rings (SSSR count). The molecule has 1 heterocycles. The molecule has 1 unspecified atom stereocenters. The number of carbonyl (C=O) groups is 1. The number of carbonyl (C=O) groups excluding carboxylic acids is 1. The maximum absolute atomic E-state index is 12.4. The molecular weight excluding hydrogens is 351 g/mol. The molecule has 1 atom stereocenters. The van der Waals surface area contributed by atoms with Crippen LogP contribution in [0.15, 0.2) is 36.7 Å². The molecule has 0 saturated carbocycles. The van der Waals surface area contributed by atoms with Crippen molar-refractivity contribution in [2.45, 2.75) is 31.7 Å². The number of benzene rings is 1. The van der Waals surface area contributed by atoms with Crippen molar-refractivity contribution in [3.63, 3.8) is 0 Å². The molecule has 0 aliphatic carbocycles. The third-order valence-electron chi connectivity index (χ3n) is 3.78. The van der Waals surface area contributed by atoms with Crippen LogP contribution in [0, 0.1) is 0 Å². The first-order valence-corrected chi connectivity index (χ1v) is 7.89. The Bertz CT molecular complexity index is 757. The van der Waals surface area contributed by atoms with Crippen LogP contribution in [0.3, 0.4) is 0 Å². The van der Waals surface area contributed by atoms with Crippen LogP contribution in [-0.4, -0.2) is 33.7 Å². The van der Waals surface area contributed by atoms with Crippen LogP contribution in [0.5, 0.6) is 5.75 Å². The van der Waals surface area contributed by atoms with Gasteiger partial charge in [0.15, 0.2) is 0 Å². The fraction of sp³-hybridized carbons (Fsp3) is 0.412. The molecule has 0 aliphatic heterocycles. The summed E-state index contributed by atoms with van der Waals surface area (Å²) < 4.78 is 42.7. The van der Waals surface area contributed by atoms with Crippen molar-refractivity contribution < 1.29 is 27.8 Å². The summed E-state index contributed by atoms with van der Waals surface area (Å²) in [7, 11) is 1.71. The highest BCUT2D eigenvalue weighted by molar-refractivity contribution is 5.76. The van der Waals surface area contributed by atoms with E-state index in [1.54, 1.807) is 19.3 Å². The lowest BCUT2D eigenvalue weighted by molar-refractivity contribution is -0.274. The summed E-state index contributed by atoms with van der Waals surface area (Å²) in [5.74, 6) is -0.717. The lowest BCUT2D eigenvalue weighted by atomic mass is 9.99. The van der Waals surface area contributed by atoms with Crippen LogP contribution >= 0.6 is 0 Å². The number of aryl methyl sites for hydroxylation is 2. The molecule has 0 saturated heterocycles. The van der Waals surface area contributed by atoms with Gasteiger partial charge in [-0.3, -0.25) is 9.48 Å². The lowest BCUT2D eigenvalue weighted by Gasteiger charge is -2.22. The molecular formula is C17H20F3N3O3. The summed E-state index contributed by atoms with van der Waals surface area (Å²) in [4.78, 5) is 12.0. The monoisotopic (exact) mass is 371 g/mol. The number of halogens is 3. The number of hydrogen-bond donors (Lipinski definition) is 2. The van der Waals surface area contributed by atoms with E-state index < -0.39 is 17.9 Å². The minimum atomic E-state index is -4.79. The number of nitrogens with one attached hydrogen (secondary N) is 1. The van der Waals surface area contributed by atoms with E-state index in [1.165, 1.54) is 36.0 Å². The number of aromatic nitrogens is 2. The van der Waals surface area contributed by atoms with Crippen molar-refractivity contribution in [3.05, 3.63) is 47.8 Å². The van der Waals surface area contributed by atoms with Gasteiger partial charge in [-0.1, -0.05) is 18.2 Å². The van der Waals surface area contributed by atoms with E-state index in [4.69, 9.17) is 0 Å². The number of alkyl halides is 3. The van der Waals surface area contributed by atoms with Gasteiger partial charge in [0, 0.05) is 25.2 Å². The first kappa shape index (κ1) is 19.8. The Balaban J connectivity index is 1.89. The zero-order chi connectivity index (χ0) is 19.4. The third kappa shape index (κ3) is 5.76. The van der Waals surface area contributed by atoms with Gasteiger partial charge in [0.25, 0.3) is 0 Å². The highest BCUT2D eigenvalue weighted by Crippen LogP contribution is 2.27. The van der Waals surface area contributed by atoms with Crippen LogP contribution in [-0.2, 0) is 23.9 Å². The Morgan fingerprint density at radius 1 is 1.35 bits per heavy atom. The van der Waals surface area contributed by atoms with E-state index in [9.17, 15) is 23.1 Å². The highest BCUT2D eigenvalue weighted by Gasteiger charge is 2.32. The van der Waals surface area contributed by atoms with Crippen molar-refractivity contribution in [1.82, 2.24) is 15.1 Å². The van der Waals surface area contributed by atoms with Crippen molar-refractivity contribution >= 4 is 5.91 Å². The molecule has 0 radical (unpaired) electrons. The number of aliphatic hydroxyl groups is 1. The fourth-order valence-corrected chi connectivity index (χ4v) is 2.34. The van der Waals surface area contributed by atoms with Crippen LogP contribution in [0.4, 0.5) is 13.2 Å². The Labute approximate surface area is 148 Å². The van der Waals surface area contributed by atoms with Crippen LogP contribution in [0.2, 0.25) is 0 Å². The van der Waals surface area contributed by atoms with Crippen molar-refractivity contribution in [3.8, 4) is 5.75 Å². The quantitative estimate of drug-likeness (QED) is 0.783. The van der Waals surface area contributed by atoms with E-state index in [0.717, 1.165) is 0 Å². The van der Waals surface area contributed by atoms with E-state index >= 15 is 0 Å². The zero-order valence-corrected chi connectivity index (χ0v) is 14.4. The molecule has 1 aromatic heterocycles. The molecule has 26 heavy (non-hydrogen) atoms. The summed E-state index contributed by atoms with van der Waals surface area (Å²) in [6, 6.07) is 5.67. The second-order valence-corrected chi connectivity index (χ2v) is 6.11. The van der Waals surface area contributed by atoms with E-state index in [-0.39, 0.29) is 30.7 Å². The summed E-state index contributed by atoms with van der Waals surface area (Å²) in [5.41, 5.74) is -0.482. The first-order chi connectivity index (χ1) is 12.1. The zero-order valence-electron chi connectivity index (χ0n) is 14.4. The average molecular weight is 371 g/mol. The third-order valence-corrected chi connectivity index (χ3v) is 3.78. The van der Waals surface area contributed by atoms with Crippen molar-refractivity contribution in [2.75, 3.05) is 6.54 Å². The maximum atomic E-state index is 12.4. The van der Waals surface area contributed by atoms with Gasteiger partial charge in [-0.2, -0.15) is 5.10 Å². The number of ether oxygens (including phenoxy) is 1. The molecule has 0 bridgehead atoms. The minimum Gasteiger partial charge on any atom is -0.406 e. The van der Waals surface area contributed by atoms with Gasteiger partial charge < -0.3 is 15.2 Å². The molecule has 0 fully saturated rings. The summed E-state index contributed by atoms with van der Waals surface area (Å²) >= 11 is 0. The standard InChI is InChI=1S/C17H20F3N3O3/c1-16(25,13-9-22-23(2)10-13)11-21-15(24)8-7-12-5-3-4-6-14(12)26-17(18,19)20/h3-6,9-10,25H,7-8,11H2,1-2H3,(H,21,24). The SMILES string of the molecule is Cn1cc(C(C)(O)CNC(=O)CCc2ccccc2OC(F)(F)F)cn1. The Morgan fingerprint density at radius 2 is 2.04 bits per heavy atom. The van der Waals surface area contributed by atoms with Gasteiger partial charge >= 0.3 is 6.36 Å². The second-order valence-electron chi connectivity index (χ2n) is 6.11. The predicted octanol–water partition coefficient (Wildman–Crippen LogP) is 2.28. The van der Waals surface area contributed by atoms with Crippen molar-refractivity contribution in [1.29, 1.82) is 0 Å². The first-order valence-electron chi connectivity index (χ1n) is 7.89. The van der Waals surface area contributed by atoms with Gasteiger partial charge in [-0.05, 0) is 25.0 Å². The Kier molecular flexibility index (Phi) is 5.91. The number of nitrogens with zero attached hydrogens (tertiary/aromatic N) is 2. The number of para-hydroxylation sites is 1. The van der Waals surface area contributed by atoms with Gasteiger partial charge in [0.1, 0.15) is 11.4 Å². The minimum absolute atomic E-state index is 0.0403. The largest absolute Gasteiger partial charge is 0.573 e. The molecule has 1 amide bonds. The van der Waals surface area contributed by atoms with E-state index in [2.05, 4.69) is 15.2 Å². The van der Waals surface area contributed by atoms with Gasteiger partial charge in [0.05, 0.1) is 12.7 Å². The summed E-state index contributed by atoms with van der Waals surface area (Å²) in [6.45, 7) is 1.50. The number of rotatable bonds is 7. The number of amides is 1. The Hall–Kier alpha value is -2.55. The molecule has 0 aliphatic rings. The molecule has 142 valence electrons. The molecule has 2 aromatic rings. The van der Waals surface area contributed by atoms with E-state index in [0.29, 0.717) is 5.56 Å². The molecule has 6 nitrogen and oxygen atoms in total.